The number of ether oxygens (including phenoxy) is 4. The minimum atomic E-state index is -0.471. The lowest BCUT2D eigenvalue weighted by atomic mass is 10.1. The number of benzene rings is 2. The molecule has 0 unspecified atom stereocenters. The number of aromatic nitrogens is 1. The van der Waals surface area contributed by atoms with E-state index in [-0.39, 0.29) is 6.54 Å². The Bertz CT molecular complexity index is 1050. The van der Waals surface area contributed by atoms with Gasteiger partial charge in [0.25, 0.3) is 0 Å². The van der Waals surface area contributed by atoms with E-state index >= 15 is 0 Å². The second-order valence-corrected chi connectivity index (χ2v) is 6.00. The van der Waals surface area contributed by atoms with Gasteiger partial charge in [-0.15, -0.1) is 0 Å². The summed E-state index contributed by atoms with van der Waals surface area (Å²) in [5, 5.41) is 10.1. The Balaban J connectivity index is 2.24. The number of hydrogen-bond acceptors (Lipinski definition) is 6. The molecule has 0 saturated heterocycles. The molecule has 0 aliphatic rings. The molecule has 3 rings (SSSR count). The summed E-state index contributed by atoms with van der Waals surface area (Å²) in [6.45, 7) is 0.277. The van der Waals surface area contributed by atoms with Gasteiger partial charge in [0.15, 0.2) is 0 Å². The molecule has 7 nitrogen and oxygen atoms in total. The largest absolute Gasteiger partial charge is 0.496 e. The molecule has 0 aliphatic heterocycles. The van der Waals surface area contributed by atoms with Crippen molar-refractivity contribution in [1.82, 2.24) is 4.57 Å². The minimum Gasteiger partial charge on any atom is -0.496 e. The van der Waals surface area contributed by atoms with E-state index in [2.05, 4.69) is 6.07 Å². The van der Waals surface area contributed by atoms with Gasteiger partial charge in [0, 0.05) is 17.5 Å². The Morgan fingerprint density at radius 2 is 1.68 bits per heavy atom. The highest BCUT2D eigenvalue weighted by Crippen LogP contribution is 2.36. The molecule has 0 spiro atoms. The van der Waals surface area contributed by atoms with Crippen molar-refractivity contribution in [2.45, 2.75) is 6.54 Å². The van der Waals surface area contributed by atoms with Gasteiger partial charge in [0.05, 0.1) is 57.7 Å². The van der Waals surface area contributed by atoms with Crippen molar-refractivity contribution in [3.8, 4) is 23.3 Å². The Morgan fingerprint density at radius 3 is 2.21 bits per heavy atom. The molecule has 28 heavy (non-hydrogen) atoms. The van der Waals surface area contributed by atoms with Gasteiger partial charge in [-0.1, -0.05) is 6.07 Å². The lowest BCUT2D eigenvalue weighted by molar-refractivity contribution is 0.0589. The molecule has 0 radical (unpaired) electrons. The van der Waals surface area contributed by atoms with E-state index in [9.17, 15) is 10.1 Å². The van der Waals surface area contributed by atoms with Crippen molar-refractivity contribution in [3.63, 3.8) is 0 Å². The normalized spacial score (nSPS) is 10.4. The third kappa shape index (κ3) is 3.32. The van der Waals surface area contributed by atoms with Crippen LogP contribution in [0.1, 0.15) is 21.6 Å². The van der Waals surface area contributed by atoms with E-state index in [1.54, 1.807) is 62.3 Å². The summed E-state index contributed by atoms with van der Waals surface area (Å²) in [7, 11) is 6.01. The molecule has 144 valence electrons. The number of rotatable bonds is 6. The average Bonchev–Trinajstić information content (AvgIpc) is 3.10. The highest BCUT2D eigenvalue weighted by molar-refractivity contribution is 5.96. The summed E-state index contributed by atoms with van der Waals surface area (Å²) in [5.74, 6) is 1.24. The van der Waals surface area contributed by atoms with Crippen LogP contribution in [0.4, 0.5) is 0 Å². The molecule has 0 bridgehead atoms. The molecule has 0 N–H and O–H groups in total. The van der Waals surface area contributed by atoms with Gasteiger partial charge in [-0.2, -0.15) is 5.26 Å². The van der Waals surface area contributed by atoms with Gasteiger partial charge in [0.2, 0.25) is 0 Å². The van der Waals surface area contributed by atoms with Gasteiger partial charge in [-0.05, 0) is 18.2 Å². The summed E-state index contributed by atoms with van der Waals surface area (Å²) in [4.78, 5) is 12.4. The molecule has 0 amide bonds. The van der Waals surface area contributed by atoms with Crippen LogP contribution < -0.4 is 14.2 Å². The molecule has 1 aromatic heterocycles. The third-order valence-electron chi connectivity index (χ3n) is 4.56. The molecular formula is C21H20N2O5. The smallest absolute Gasteiger partial charge is 0.354 e. The number of nitrogens with zero attached hydrogens (tertiary/aromatic N) is 2. The van der Waals surface area contributed by atoms with Crippen molar-refractivity contribution < 1.29 is 23.7 Å². The highest BCUT2D eigenvalue weighted by Gasteiger charge is 2.21. The van der Waals surface area contributed by atoms with Gasteiger partial charge in [-0.3, -0.25) is 0 Å². The van der Waals surface area contributed by atoms with Gasteiger partial charge in [-0.25, -0.2) is 4.79 Å². The maximum absolute atomic E-state index is 12.4. The van der Waals surface area contributed by atoms with Crippen LogP contribution in [0.15, 0.2) is 36.4 Å². The zero-order valence-electron chi connectivity index (χ0n) is 16.1. The molecule has 0 atom stereocenters. The zero-order valence-corrected chi connectivity index (χ0v) is 16.1. The molecule has 0 fully saturated rings. The fourth-order valence-corrected chi connectivity index (χ4v) is 3.16. The topological polar surface area (TPSA) is 82.7 Å². The number of carbonyl (C=O) groups is 1. The second-order valence-electron chi connectivity index (χ2n) is 6.00. The Kier molecular flexibility index (Phi) is 5.41. The fraction of sp³-hybridized carbons (Fsp3) is 0.238. The van der Waals surface area contributed by atoms with Crippen LogP contribution in [0.25, 0.3) is 10.9 Å². The SMILES string of the molecule is COC(=O)c1cc2ccc(C#N)cc2n1Cc1c(OC)cc(OC)cc1OC. The van der Waals surface area contributed by atoms with Crippen LogP contribution in [0.3, 0.4) is 0 Å². The first-order chi connectivity index (χ1) is 13.6. The maximum Gasteiger partial charge on any atom is 0.354 e. The molecular weight excluding hydrogens is 360 g/mol. The summed E-state index contributed by atoms with van der Waals surface area (Å²) in [5.41, 5.74) is 2.33. The quantitative estimate of drug-likeness (QED) is 0.610. The highest BCUT2D eigenvalue weighted by atomic mass is 16.5. The third-order valence-corrected chi connectivity index (χ3v) is 4.56. The maximum atomic E-state index is 12.4. The first kappa shape index (κ1) is 19.1. The summed E-state index contributed by atoms with van der Waals surface area (Å²) in [6, 6.07) is 12.6. The van der Waals surface area contributed by atoms with E-state index in [1.165, 1.54) is 7.11 Å². The number of hydrogen-bond donors (Lipinski definition) is 0. The summed E-state index contributed by atoms with van der Waals surface area (Å²) < 4.78 is 23.1. The lowest BCUT2D eigenvalue weighted by Gasteiger charge is -2.17. The minimum absolute atomic E-state index is 0.277. The van der Waals surface area contributed by atoms with E-state index < -0.39 is 5.97 Å². The molecule has 3 aromatic rings. The van der Waals surface area contributed by atoms with Crippen LogP contribution in [0, 0.1) is 11.3 Å². The van der Waals surface area contributed by atoms with E-state index in [0.717, 1.165) is 16.5 Å². The van der Waals surface area contributed by atoms with Crippen LogP contribution >= 0.6 is 0 Å². The summed E-state index contributed by atoms with van der Waals surface area (Å²) in [6.07, 6.45) is 0. The second kappa shape index (κ2) is 7.92. The van der Waals surface area contributed by atoms with Crippen LogP contribution in [-0.2, 0) is 11.3 Å². The predicted octanol–water partition coefficient (Wildman–Crippen LogP) is 3.37. The molecule has 2 aromatic carbocycles. The molecule has 7 heteroatoms. The predicted molar refractivity (Wildman–Crippen MR) is 103 cm³/mol. The van der Waals surface area contributed by atoms with Gasteiger partial charge < -0.3 is 23.5 Å². The Hall–Kier alpha value is -3.66. The fourth-order valence-electron chi connectivity index (χ4n) is 3.16. The Morgan fingerprint density at radius 1 is 1.00 bits per heavy atom. The summed E-state index contributed by atoms with van der Waals surface area (Å²) >= 11 is 0. The monoisotopic (exact) mass is 380 g/mol. The van der Waals surface area contributed by atoms with Crippen molar-refractivity contribution in [3.05, 3.63) is 53.2 Å². The standard InChI is InChI=1S/C21H20N2O5/c1-25-15-9-19(26-2)16(20(10-15)27-3)12-23-17-7-13(11-22)5-6-14(17)8-18(23)21(24)28-4/h5-10H,12H2,1-4H3. The lowest BCUT2D eigenvalue weighted by Crippen LogP contribution is -2.12. The Labute approximate surface area is 162 Å². The van der Waals surface area contributed by atoms with Gasteiger partial charge >= 0.3 is 5.97 Å². The number of methoxy groups -OCH3 is 4. The molecule has 0 aliphatic carbocycles. The van der Waals surface area contributed by atoms with Crippen LogP contribution in [0.5, 0.6) is 17.2 Å². The number of nitriles is 1. The van der Waals surface area contributed by atoms with E-state index in [1.807, 2.05) is 0 Å². The van der Waals surface area contributed by atoms with Crippen molar-refractivity contribution >= 4 is 16.9 Å². The van der Waals surface area contributed by atoms with Crippen LogP contribution in [-0.4, -0.2) is 39.0 Å². The number of esters is 1. The number of carbonyl (C=O) groups excluding carboxylic acids is 1. The molecule has 0 saturated carbocycles. The average molecular weight is 380 g/mol. The molecule has 1 heterocycles. The first-order valence-electron chi connectivity index (χ1n) is 8.46. The van der Waals surface area contributed by atoms with Crippen molar-refractivity contribution in [2.24, 2.45) is 0 Å². The van der Waals surface area contributed by atoms with Gasteiger partial charge in [0.1, 0.15) is 22.9 Å². The first-order valence-corrected chi connectivity index (χ1v) is 8.46. The van der Waals surface area contributed by atoms with Crippen molar-refractivity contribution in [1.29, 1.82) is 5.26 Å². The van der Waals surface area contributed by atoms with Crippen molar-refractivity contribution in [2.75, 3.05) is 28.4 Å². The van der Waals surface area contributed by atoms with Crippen LogP contribution in [0.2, 0.25) is 0 Å². The van der Waals surface area contributed by atoms with E-state index in [4.69, 9.17) is 18.9 Å². The van der Waals surface area contributed by atoms with E-state index in [0.29, 0.717) is 28.5 Å². The number of fused-ring (bicyclic) bond motifs is 1. The zero-order chi connectivity index (χ0) is 20.3.